The van der Waals surface area contributed by atoms with Crippen molar-refractivity contribution in [1.82, 2.24) is 0 Å². The fraction of sp³-hybridized carbons (Fsp3) is 0.0625. The van der Waals surface area contributed by atoms with E-state index in [0.29, 0.717) is 10.9 Å². The Bertz CT molecular complexity index is 624. The third-order valence-corrected chi connectivity index (χ3v) is 4.25. The van der Waals surface area contributed by atoms with Crippen LogP contribution in [0.1, 0.15) is 11.1 Å². The Balaban J connectivity index is 2.30. The van der Waals surface area contributed by atoms with Crippen LogP contribution in [0.15, 0.2) is 69.5 Å². The highest BCUT2D eigenvalue weighted by atomic mass is 35.5. The lowest BCUT2D eigenvalue weighted by molar-refractivity contribution is 1.29. The highest BCUT2D eigenvalue weighted by molar-refractivity contribution is 7.99. The molecule has 0 spiro atoms. The minimum Gasteiger partial charge on any atom is -0.271 e. The predicted molar refractivity (Wildman–Crippen MR) is 89.9 cm³/mol. The van der Waals surface area contributed by atoms with Crippen LogP contribution in [0.2, 0.25) is 0 Å². The Morgan fingerprint density at radius 2 is 1.90 bits per heavy atom. The summed E-state index contributed by atoms with van der Waals surface area (Å²) in [7, 11) is 0. The molecule has 2 aromatic carbocycles. The van der Waals surface area contributed by atoms with E-state index in [1.165, 1.54) is 11.1 Å². The fourth-order valence-corrected chi connectivity index (χ4v) is 3.13. The van der Waals surface area contributed by atoms with Crippen molar-refractivity contribution in [3.8, 4) is 0 Å². The van der Waals surface area contributed by atoms with E-state index < -0.39 is 0 Å². The van der Waals surface area contributed by atoms with Crippen LogP contribution in [0, 0.1) is 0 Å². The van der Waals surface area contributed by atoms with Crippen LogP contribution in [-0.2, 0) is 5.88 Å². The first-order valence-electron chi connectivity index (χ1n) is 5.98. The van der Waals surface area contributed by atoms with Crippen molar-refractivity contribution >= 4 is 46.7 Å². The zero-order valence-electron chi connectivity index (χ0n) is 10.7. The van der Waals surface area contributed by atoms with E-state index in [2.05, 4.69) is 29.9 Å². The molecule has 0 heterocycles. The van der Waals surface area contributed by atoms with E-state index in [4.69, 9.17) is 23.2 Å². The quantitative estimate of drug-likeness (QED) is 0.499. The summed E-state index contributed by atoms with van der Waals surface area (Å²) in [5, 5.41) is 0.548. The van der Waals surface area contributed by atoms with Crippen LogP contribution in [0.5, 0.6) is 0 Å². The summed E-state index contributed by atoms with van der Waals surface area (Å²) in [6, 6.07) is 16.3. The number of nitrogens with zero attached hydrogens (tertiary/aromatic N) is 1. The van der Waals surface area contributed by atoms with Crippen LogP contribution in [0.25, 0.3) is 5.03 Å². The highest BCUT2D eigenvalue weighted by Crippen LogP contribution is 2.32. The predicted octanol–water partition coefficient (Wildman–Crippen LogP) is 5.81. The van der Waals surface area contributed by atoms with E-state index >= 15 is 0 Å². The lowest BCUT2D eigenvalue weighted by Crippen LogP contribution is -1.88. The molecule has 0 radical (unpaired) electrons. The van der Waals surface area contributed by atoms with E-state index in [1.807, 2.05) is 30.3 Å². The van der Waals surface area contributed by atoms with Crippen molar-refractivity contribution in [1.29, 1.82) is 0 Å². The summed E-state index contributed by atoms with van der Waals surface area (Å²) in [6.07, 6.45) is 1.52. The molecule has 102 valence electrons. The molecule has 0 atom stereocenters. The molecule has 1 nitrogen and oxygen atoms in total. The lowest BCUT2D eigenvalue weighted by Gasteiger charge is -2.09. The molecule has 0 aliphatic heterocycles. The van der Waals surface area contributed by atoms with Crippen molar-refractivity contribution in [3.05, 3.63) is 65.9 Å². The van der Waals surface area contributed by atoms with Gasteiger partial charge in [0.05, 0.1) is 5.03 Å². The van der Waals surface area contributed by atoms with Gasteiger partial charge in [0.25, 0.3) is 0 Å². The van der Waals surface area contributed by atoms with Crippen LogP contribution in [0.4, 0.5) is 0 Å². The average molecular weight is 322 g/mol. The van der Waals surface area contributed by atoms with Crippen LogP contribution < -0.4 is 0 Å². The number of benzene rings is 2. The van der Waals surface area contributed by atoms with Crippen LogP contribution >= 0.6 is 35.0 Å². The van der Waals surface area contributed by atoms with Gasteiger partial charge in [-0.2, -0.15) is 0 Å². The molecule has 0 fully saturated rings. The Kier molecular flexibility index (Phi) is 5.72. The van der Waals surface area contributed by atoms with Gasteiger partial charge in [-0.05, 0) is 42.1 Å². The smallest absolute Gasteiger partial charge is 0.0664 e. The van der Waals surface area contributed by atoms with Gasteiger partial charge in [-0.3, -0.25) is 4.99 Å². The third-order valence-electron chi connectivity index (χ3n) is 2.66. The third kappa shape index (κ3) is 3.89. The van der Waals surface area contributed by atoms with E-state index in [9.17, 15) is 0 Å². The summed E-state index contributed by atoms with van der Waals surface area (Å²) in [5.41, 5.74) is 1.88. The number of hydrogen-bond donors (Lipinski definition) is 0. The second kappa shape index (κ2) is 7.53. The first-order chi connectivity index (χ1) is 9.74. The maximum absolute atomic E-state index is 6.16. The molecule has 0 saturated heterocycles. The maximum atomic E-state index is 6.16. The van der Waals surface area contributed by atoms with Gasteiger partial charge in [-0.15, -0.1) is 11.6 Å². The molecule has 0 aromatic heterocycles. The SMILES string of the molecule is C=NC=C(Cl)c1ccc(Sc2ccccc2)cc1CCl. The van der Waals surface area contributed by atoms with Crippen molar-refractivity contribution in [3.63, 3.8) is 0 Å². The summed E-state index contributed by atoms with van der Waals surface area (Å²) < 4.78 is 0. The Labute approximate surface area is 133 Å². The first kappa shape index (κ1) is 15.2. The molecule has 20 heavy (non-hydrogen) atoms. The molecular formula is C16H13Cl2NS. The van der Waals surface area contributed by atoms with Crippen molar-refractivity contribution in [2.75, 3.05) is 0 Å². The van der Waals surface area contributed by atoms with E-state index in [0.717, 1.165) is 16.0 Å². The lowest BCUT2D eigenvalue weighted by atomic mass is 10.1. The molecule has 0 aliphatic rings. The van der Waals surface area contributed by atoms with Crippen molar-refractivity contribution in [2.24, 2.45) is 4.99 Å². The minimum atomic E-state index is 0.403. The Hall–Kier alpha value is -1.22. The van der Waals surface area contributed by atoms with Crippen LogP contribution in [-0.4, -0.2) is 6.72 Å². The zero-order valence-corrected chi connectivity index (χ0v) is 13.1. The van der Waals surface area contributed by atoms with Gasteiger partial charge < -0.3 is 0 Å². The zero-order chi connectivity index (χ0) is 14.4. The summed E-state index contributed by atoms with van der Waals surface area (Å²) in [5.74, 6) is 0.403. The second-order valence-electron chi connectivity index (χ2n) is 4.03. The fourth-order valence-electron chi connectivity index (χ4n) is 1.75. The molecular weight excluding hydrogens is 309 g/mol. The molecule has 2 rings (SSSR count). The number of rotatable bonds is 5. The molecule has 0 amide bonds. The summed E-state index contributed by atoms with van der Waals surface area (Å²) in [6.45, 7) is 3.41. The maximum Gasteiger partial charge on any atom is 0.0664 e. The van der Waals surface area contributed by atoms with Crippen molar-refractivity contribution in [2.45, 2.75) is 15.7 Å². The van der Waals surface area contributed by atoms with Gasteiger partial charge in [0.2, 0.25) is 0 Å². The molecule has 0 bridgehead atoms. The van der Waals surface area contributed by atoms with Gasteiger partial charge >= 0.3 is 0 Å². The molecule has 0 saturated carbocycles. The Morgan fingerprint density at radius 1 is 1.15 bits per heavy atom. The standard InChI is InChI=1S/C16H13Cl2NS/c1-19-11-16(18)15-8-7-14(9-12(15)10-17)20-13-5-3-2-4-6-13/h2-9,11H,1,10H2. The van der Waals surface area contributed by atoms with E-state index in [-0.39, 0.29) is 0 Å². The second-order valence-corrected chi connectivity index (χ2v) is 5.85. The number of alkyl halides is 1. The van der Waals surface area contributed by atoms with Gasteiger partial charge in [-0.1, -0.05) is 47.6 Å². The van der Waals surface area contributed by atoms with Crippen molar-refractivity contribution < 1.29 is 0 Å². The van der Waals surface area contributed by atoms with Gasteiger partial charge in [0.1, 0.15) is 0 Å². The largest absolute Gasteiger partial charge is 0.271 e. The van der Waals surface area contributed by atoms with Crippen LogP contribution in [0.3, 0.4) is 0 Å². The topological polar surface area (TPSA) is 12.4 Å². The first-order valence-corrected chi connectivity index (χ1v) is 7.71. The highest BCUT2D eigenvalue weighted by Gasteiger charge is 2.07. The number of aliphatic imine (C=N–C) groups is 1. The summed E-state index contributed by atoms with van der Waals surface area (Å²) in [4.78, 5) is 6.01. The molecule has 0 N–H and O–H groups in total. The molecule has 4 heteroatoms. The van der Waals surface area contributed by atoms with Gasteiger partial charge in [-0.25, -0.2) is 0 Å². The normalized spacial score (nSPS) is 11.4. The van der Waals surface area contributed by atoms with Gasteiger partial charge in [0, 0.05) is 21.9 Å². The summed E-state index contributed by atoms with van der Waals surface area (Å²) >= 11 is 13.9. The Morgan fingerprint density at radius 3 is 2.55 bits per heavy atom. The van der Waals surface area contributed by atoms with E-state index in [1.54, 1.807) is 11.8 Å². The average Bonchev–Trinajstić information content (AvgIpc) is 2.48. The number of halogens is 2. The molecule has 0 aliphatic carbocycles. The monoisotopic (exact) mass is 321 g/mol. The molecule has 0 unspecified atom stereocenters. The number of hydrogen-bond acceptors (Lipinski definition) is 2. The van der Waals surface area contributed by atoms with Gasteiger partial charge in [0.15, 0.2) is 0 Å². The minimum absolute atomic E-state index is 0.403. The molecule has 2 aromatic rings.